The molecule has 4 aromatic rings. The summed E-state index contributed by atoms with van der Waals surface area (Å²) in [6.07, 6.45) is 3.49. The number of hydrogen-bond donors (Lipinski definition) is 2. The van der Waals surface area contributed by atoms with Crippen LogP contribution in [0.25, 0.3) is 10.9 Å². The van der Waals surface area contributed by atoms with E-state index in [4.69, 9.17) is 4.74 Å². The summed E-state index contributed by atoms with van der Waals surface area (Å²) in [7, 11) is 1.65. The van der Waals surface area contributed by atoms with Gasteiger partial charge in [-0.05, 0) is 29.3 Å². The molecular formula is C20H18N4O2S. The fourth-order valence-electron chi connectivity index (χ4n) is 3.18. The van der Waals surface area contributed by atoms with Crippen molar-refractivity contribution >= 4 is 28.5 Å². The van der Waals surface area contributed by atoms with Gasteiger partial charge in [-0.15, -0.1) is 0 Å². The van der Waals surface area contributed by atoms with Crippen LogP contribution in [-0.2, 0) is 0 Å². The van der Waals surface area contributed by atoms with E-state index in [9.17, 15) is 4.79 Å². The number of carbonyl (C=O) groups is 1. The quantitative estimate of drug-likeness (QED) is 0.537. The molecule has 0 aliphatic rings. The molecule has 27 heavy (non-hydrogen) atoms. The Bertz CT molecular complexity index is 1040. The zero-order valence-electron chi connectivity index (χ0n) is 14.7. The highest BCUT2D eigenvalue weighted by atomic mass is 32.1. The number of benzene rings is 2. The Morgan fingerprint density at radius 3 is 2.78 bits per heavy atom. The fraction of sp³-hybridized carbons (Fsp3) is 0.150. The maximum absolute atomic E-state index is 12.3. The lowest BCUT2D eigenvalue weighted by Crippen LogP contribution is -2.29. The number of H-pyrrole nitrogens is 1. The van der Waals surface area contributed by atoms with E-state index in [1.54, 1.807) is 7.11 Å². The van der Waals surface area contributed by atoms with Crippen LogP contribution < -0.4 is 10.1 Å². The summed E-state index contributed by atoms with van der Waals surface area (Å²) >= 11 is 1.02. The predicted molar refractivity (Wildman–Crippen MR) is 105 cm³/mol. The first-order valence-electron chi connectivity index (χ1n) is 8.52. The van der Waals surface area contributed by atoms with Crippen LogP contribution in [0.1, 0.15) is 27.5 Å². The molecule has 2 aromatic carbocycles. The van der Waals surface area contributed by atoms with Crippen LogP contribution in [0.3, 0.4) is 0 Å². The number of nitrogens with one attached hydrogen (secondary N) is 2. The van der Waals surface area contributed by atoms with Crippen LogP contribution in [0.15, 0.2) is 60.9 Å². The molecule has 6 nitrogen and oxygen atoms in total. The van der Waals surface area contributed by atoms with Crippen LogP contribution in [0.5, 0.6) is 5.75 Å². The van der Waals surface area contributed by atoms with E-state index in [0.717, 1.165) is 39.5 Å². The summed E-state index contributed by atoms with van der Waals surface area (Å²) in [6.45, 7) is 0.449. The van der Waals surface area contributed by atoms with Crippen molar-refractivity contribution in [2.75, 3.05) is 13.7 Å². The Morgan fingerprint density at radius 2 is 2.04 bits per heavy atom. The molecular weight excluding hydrogens is 360 g/mol. The molecule has 0 aliphatic carbocycles. The van der Waals surface area contributed by atoms with E-state index in [2.05, 4.69) is 25.1 Å². The Kier molecular flexibility index (Phi) is 4.84. The first-order chi connectivity index (χ1) is 13.3. The maximum atomic E-state index is 12.3. The molecule has 1 amide bonds. The number of rotatable bonds is 6. The average Bonchev–Trinajstić information content (AvgIpc) is 3.39. The smallest absolute Gasteiger partial charge is 0.272 e. The molecule has 0 unspecified atom stereocenters. The van der Waals surface area contributed by atoms with Gasteiger partial charge >= 0.3 is 0 Å². The van der Waals surface area contributed by atoms with E-state index in [-0.39, 0.29) is 11.8 Å². The lowest BCUT2D eigenvalue weighted by molar-refractivity contribution is 0.0948. The minimum atomic E-state index is -0.220. The summed E-state index contributed by atoms with van der Waals surface area (Å²) in [5.41, 5.74) is 3.64. The molecule has 2 aromatic heterocycles. The van der Waals surface area contributed by atoms with Gasteiger partial charge in [0.15, 0.2) is 5.69 Å². The second-order valence-electron chi connectivity index (χ2n) is 6.12. The molecule has 0 fully saturated rings. The largest absolute Gasteiger partial charge is 0.497 e. The minimum absolute atomic E-state index is 0.0115. The maximum Gasteiger partial charge on any atom is 0.272 e. The molecule has 136 valence electrons. The summed E-state index contributed by atoms with van der Waals surface area (Å²) < 4.78 is 13.2. The topological polar surface area (TPSA) is 79.9 Å². The molecule has 0 saturated heterocycles. The van der Waals surface area contributed by atoms with E-state index in [1.807, 2.05) is 48.7 Å². The van der Waals surface area contributed by atoms with Crippen LogP contribution in [0, 0.1) is 0 Å². The number of aromatic amines is 1. The van der Waals surface area contributed by atoms with E-state index in [1.165, 1.54) is 6.20 Å². The first kappa shape index (κ1) is 17.2. The lowest BCUT2D eigenvalue weighted by atomic mass is 9.90. The van der Waals surface area contributed by atoms with Gasteiger partial charge in [0, 0.05) is 29.6 Å². The third-order valence-corrected chi connectivity index (χ3v) is 5.05. The molecule has 4 rings (SSSR count). The minimum Gasteiger partial charge on any atom is -0.497 e. The van der Waals surface area contributed by atoms with Gasteiger partial charge in [0.1, 0.15) is 5.75 Å². The lowest BCUT2D eigenvalue weighted by Gasteiger charge is -2.18. The van der Waals surface area contributed by atoms with Gasteiger partial charge in [-0.2, -0.15) is 8.75 Å². The number of methoxy groups -OCH3 is 1. The molecule has 0 radical (unpaired) electrons. The molecule has 0 saturated carbocycles. The molecule has 0 bridgehead atoms. The van der Waals surface area contributed by atoms with Crippen molar-refractivity contribution in [2.45, 2.75) is 5.92 Å². The molecule has 2 N–H and O–H groups in total. The Hall–Kier alpha value is -3.19. The first-order valence-corrected chi connectivity index (χ1v) is 9.25. The van der Waals surface area contributed by atoms with Gasteiger partial charge in [0.2, 0.25) is 0 Å². The standard InChI is InChI=1S/C20H18N4O2S/c1-26-14-8-6-13(7-9-14)16(10-22-20(25)19-12-23-27-24-19)17-11-21-18-5-3-2-4-15(17)18/h2-9,11-12,16,21H,10H2,1H3,(H,22,25)/t16-/m1/s1. The average molecular weight is 378 g/mol. The Balaban J connectivity index is 1.67. The Labute approximate surface area is 160 Å². The number of fused-ring (bicyclic) bond motifs is 1. The normalized spacial score (nSPS) is 12.0. The molecule has 0 spiro atoms. The Morgan fingerprint density at radius 1 is 1.22 bits per heavy atom. The van der Waals surface area contributed by atoms with Crippen molar-refractivity contribution in [2.24, 2.45) is 0 Å². The number of amides is 1. The summed E-state index contributed by atoms with van der Waals surface area (Å²) in [5, 5.41) is 4.13. The van der Waals surface area contributed by atoms with Gasteiger partial charge in [-0.3, -0.25) is 4.79 Å². The highest BCUT2D eigenvalue weighted by Crippen LogP contribution is 2.31. The number of ether oxygens (including phenoxy) is 1. The van der Waals surface area contributed by atoms with Crippen LogP contribution in [0.4, 0.5) is 0 Å². The third kappa shape index (κ3) is 3.54. The van der Waals surface area contributed by atoms with Gasteiger partial charge in [-0.1, -0.05) is 30.3 Å². The number of carbonyl (C=O) groups excluding carboxylic acids is 1. The summed E-state index contributed by atoms with van der Waals surface area (Å²) in [6, 6.07) is 16.1. The van der Waals surface area contributed by atoms with Crippen LogP contribution >= 0.6 is 11.7 Å². The van der Waals surface area contributed by atoms with Crippen molar-refractivity contribution in [1.29, 1.82) is 0 Å². The van der Waals surface area contributed by atoms with E-state index >= 15 is 0 Å². The molecule has 2 heterocycles. The van der Waals surface area contributed by atoms with Crippen molar-refractivity contribution in [3.8, 4) is 5.75 Å². The van der Waals surface area contributed by atoms with Gasteiger partial charge in [0.25, 0.3) is 5.91 Å². The summed E-state index contributed by atoms with van der Waals surface area (Å²) in [4.78, 5) is 15.7. The van der Waals surface area contributed by atoms with Crippen molar-refractivity contribution < 1.29 is 9.53 Å². The van der Waals surface area contributed by atoms with Crippen LogP contribution in [-0.4, -0.2) is 33.3 Å². The predicted octanol–water partition coefficient (Wildman–Crippen LogP) is 3.59. The fourth-order valence-corrected chi connectivity index (χ4v) is 3.59. The summed E-state index contributed by atoms with van der Waals surface area (Å²) in [5.74, 6) is 0.568. The van der Waals surface area contributed by atoms with Crippen molar-refractivity contribution in [3.05, 3.63) is 77.7 Å². The zero-order valence-corrected chi connectivity index (χ0v) is 15.5. The monoisotopic (exact) mass is 378 g/mol. The van der Waals surface area contributed by atoms with E-state index in [0.29, 0.717) is 12.2 Å². The van der Waals surface area contributed by atoms with E-state index < -0.39 is 0 Å². The molecule has 7 heteroatoms. The second-order valence-corrected chi connectivity index (χ2v) is 6.67. The van der Waals surface area contributed by atoms with Crippen molar-refractivity contribution in [3.63, 3.8) is 0 Å². The van der Waals surface area contributed by atoms with Gasteiger partial charge in [0.05, 0.1) is 25.0 Å². The number of para-hydroxylation sites is 1. The van der Waals surface area contributed by atoms with Gasteiger partial charge in [-0.25, -0.2) is 0 Å². The van der Waals surface area contributed by atoms with Crippen LogP contribution in [0.2, 0.25) is 0 Å². The number of nitrogens with zero attached hydrogens (tertiary/aromatic N) is 2. The van der Waals surface area contributed by atoms with Crippen molar-refractivity contribution in [1.82, 2.24) is 19.0 Å². The van der Waals surface area contributed by atoms with Gasteiger partial charge < -0.3 is 15.0 Å². The highest BCUT2D eigenvalue weighted by Gasteiger charge is 2.20. The third-order valence-electron chi connectivity index (χ3n) is 4.58. The highest BCUT2D eigenvalue weighted by molar-refractivity contribution is 6.99. The zero-order chi connectivity index (χ0) is 18.6. The second kappa shape index (κ2) is 7.59. The number of aromatic nitrogens is 3. The number of hydrogen-bond acceptors (Lipinski definition) is 5. The molecule has 1 atom stereocenters. The SMILES string of the molecule is COc1ccc([C@@H](CNC(=O)c2cnsn2)c2c[nH]c3ccccc23)cc1. The molecule has 0 aliphatic heterocycles.